The lowest BCUT2D eigenvalue weighted by Crippen LogP contribution is -2.53. The Morgan fingerprint density at radius 1 is 1.12 bits per heavy atom. The molecule has 0 aliphatic carbocycles. The number of benzene rings is 2. The molecular weight excluding hydrogens is 554 g/mol. The standard InChI is InChI=1S/C27H24ClF4N5O3/c28-23-17(29)4-6-19-22(23)26(25(40)37(19)14-21(38)36-9-1-2-20(36)27(30,31)32)7-10-35(11-8-26)24(39)15-3-5-18-16(12-15)13-33-34-18/h3-6,12-13,20H,1-2,7-11,14H2,(H,33,34)/t20-/m1/s1. The van der Waals surface area contributed by atoms with E-state index in [2.05, 4.69) is 10.2 Å². The van der Waals surface area contributed by atoms with Crippen molar-refractivity contribution in [2.75, 3.05) is 31.1 Å². The topological polar surface area (TPSA) is 89.6 Å². The number of hydrogen-bond donors (Lipinski definition) is 1. The van der Waals surface area contributed by atoms with E-state index in [0.29, 0.717) is 5.56 Å². The number of halogens is 5. The van der Waals surface area contributed by atoms with Gasteiger partial charge in [0.1, 0.15) is 18.4 Å². The number of rotatable bonds is 3. The van der Waals surface area contributed by atoms with Crippen molar-refractivity contribution < 1.29 is 31.9 Å². The number of H-pyrrole nitrogens is 1. The Balaban J connectivity index is 1.26. The van der Waals surface area contributed by atoms with Crippen LogP contribution in [0.25, 0.3) is 10.9 Å². The summed E-state index contributed by atoms with van der Waals surface area (Å²) in [4.78, 5) is 43.7. The molecule has 40 heavy (non-hydrogen) atoms. The van der Waals surface area contributed by atoms with Crippen LogP contribution in [-0.2, 0) is 15.0 Å². The monoisotopic (exact) mass is 577 g/mol. The van der Waals surface area contributed by atoms with Gasteiger partial charge < -0.3 is 14.7 Å². The van der Waals surface area contributed by atoms with Crippen LogP contribution in [0.15, 0.2) is 36.5 Å². The average molecular weight is 578 g/mol. The fourth-order valence-corrected chi connectivity index (χ4v) is 6.64. The minimum absolute atomic E-state index is 0.0606. The van der Waals surface area contributed by atoms with Crippen LogP contribution in [0, 0.1) is 5.82 Å². The van der Waals surface area contributed by atoms with Crippen molar-refractivity contribution in [2.24, 2.45) is 0 Å². The molecule has 0 bridgehead atoms. The number of hydrogen-bond acceptors (Lipinski definition) is 4. The first-order valence-corrected chi connectivity index (χ1v) is 13.3. The molecule has 6 rings (SSSR count). The summed E-state index contributed by atoms with van der Waals surface area (Å²) in [6, 6.07) is 5.64. The number of alkyl halides is 3. The van der Waals surface area contributed by atoms with Gasteiger partial charge in [0.25, 0.3) is 5.91 Å². The van der Waals surface area contributed by atoms with Gasteiger partial charge in [-0.1, -0.05) is 11.6 Å². The first-order valence-electron chi connectivity index (χ1n) is 12.9. The highest BCUT2D eigenvalue weighted by atomic mass is 35.5. The number of nitrogens with zero attached hydrogens (tertiary/aromatic N) is 4. The van der Waals surface area contributed by atoms with Crippen LogP contribution in [0.4, 0.5) is 23.2 Å². The van der Waals surface area contributed by atoms with Gasteiger partial charge in [0, 0.05) is 36.1 Å². The maximum atomic E-state index is 14.6. The van der Waals surface area contributed by atoms with Gasteiger partial charge in [0.05, 0.1) is 27.8 Å². The number of anilines is 1. The van der Waals surface area contributed by atoms with E-state index in [1.54, 1.807) is 29.3 Å². The molecule has 1 atom stereocenters. The van der Waals surface area contributed by atoms with Gasteiger partial charge in [-0.2, -0.15) is 18.3 Å². The van der Waals surface area contributed by atoms with Gasteiger partial charge in [0.2, 0.25) is 11.8 Å². The van der Waals surface area contributed by atoms with E-state index in [9.17, 15) is 31.9 Å². The Morgan fingerprint density at radius 2 is 1.88 bits per heavy atom. The van der Waals surface area contributed by atoms with Crippen LogP contribution in [0.5, 0.6) is 0 Å². The highest BCUT2D eigenvalue weighted by molar-refractivity contribution is 6.33. The summed E-state index contributed by atoms with van der Waals surface area (Å²) in [5, 5.41) is 7.29. The molecule has 2 saturated heterocycles. The lowest BCUT2D eigenvalue weighted by Gasteiger charge is -2.39. The maximum Gasteiger partial charge on any atom is 0.408 e. The summed E-state index contributed by atoms with van der Waals surface area (Å²) in [6.45, 7) is -0.362. The van der Waals surface area contributed by atoms with Crippen LogP contribution < -0.4 is 4.90 Å². The van der Waals surface area contributed by atoms with Gasteiger partial charge in [-0.15, -0.1) is 0 Å². The molecule has 1 spiro atoms. The van der Waals surface area contributed by atoms with E-state index in [1.165, 1.54) is 6.07 Å². The number of likely N-dealkylation sites (tertiary alicyclic amines) is 2. The predicted molar refractivity (Wildman–Crippen MR) is 137 cm³/mol. The Kier molecular flexibility index (Phi) is 6.28. The normalized spacial score (nSPS) is 20.6. The van der Waals surface area contributed by atoms with E-state index >= 15 is 0 Å². The molecule has 1 aromatic heterocycles. The Bertz CT molecular complexity index is 1530. The summed E-state index contributed by atoms with van der Waals surface area (Å²) in [7, 11) is 0. The molecule has 2 fully saturated rings. The van der Waals surface area contributed by atoms with Crippen molar-refractivity contribution in [1.29, 1.82) is 0 Å². The van der Waals surface area contributed by atoms with Crippen LogP contribution in [-0.4, -0.2) is 76.1 Å². The molecule has 0 unspecified atom stereocenters. The molecule has 3 amide bonds. The molecule has 1 N–H and O–H groups in total. The second-order valence-electron chi connectivity index (χ2n) is 10.5. The number of aromatic amines is 1. The summed E-state index contributed by atoms with van der Waals surface area (Å²) >= 11 is 6.39. The molecule has 13 heteroatoms. The number of piperidine rings is 1. The average Bonchev–Trinajstić information content (AvgIpc) is 3.66. The lowest BCUT2D eigenvalue weighted by atomic mass is 9.73. The number of carbonyl (C=O) groups is 3. The molecular formula is C27H24ClF4N5O3. The molecule has 0 saturated carbocycles. The number of nitrogens with one attached hydrogen (secondary N) is 1. The van der Waals surface area contributed by atoms with E-state index < -0.39 is 41.8 Å². The van der Waals surface area contributed by atoms with Gasteiger partial charge in [0.15, 0.2) is 0 Å². The van der Waals surface area contributed by atoms with Crippen molar-refractivity contribution in [3.05, 3.63) is 58.5 Å². The molecule has 210 valence electrons. The first kappa shape index (κ1) is 26.5. The third kappa shape index (κ3) is 4.11. The Labute approximate surface area is 230 Å². The van der Waals surface area contributed by atoms with Crippen LogP contribution in [0.2, 0.25) is 5.02 Å². The number of carbonyl (C=O) groups excluding carboxylic acids is 3. The van der Waals surface area contributed by atoms with Crippen LogP contribution in [0.3, 0.4) is 0 Å². The fraction of sp³-hybridized carbons (Fsp3) is 0.407. The SMILES string of the molecule is O=C(c1ccc2[nH]ncc2c1)N1CCC2(CC1)C(=O)N(CC(=O)N1CCC[C@@H]1C(F)(F)F)c1ccc(F)c(Cl)c12. The second-order valence-corrected chi connectivity index (χ2v) is 10.9. The number of fused-ring (bicyclic) bond motifs is 3. The highest BCUT2D eigenvalue weighted by Gasteiger charge is 2.55. The van der Waals surface area contributed by atoms with Gasteiger partial charge >= 0.3 is 6.18 Å². The van der Waals surface area contributed by atoms with Crippen LogP contribution in [0.1, 0.15) is 41.6 Å². The quantitative estimate of drug-likeness (QED) is 0.467. The molecule has 4 heterocycles. The fourth-order valence-electron chi connectivity index (χ4n) is 6.30. The van der Waals surface area contributed by atoms with Crippen molar-refractivity contribution >= 4 is 45.9 Å². The highest BCUT2D eigenvalue weighted by Crippen LogP contribution is 2.51. The van der Waals surface area contributed by atoms with Gasteiger partial charge in [-0.05, 0) is 56.0 Å². The summed E-state index contributed by atoms with van der Waals surface area (Å²) < 4.78 is 55.1. The summed E-state index contributed by atoms with van der Waals surface area (Å²) in [5.74, 6) is -2.35. The Morgan fingerprint density at radius 3 is 2.60 bits per heavy atom. The zero-order valence-electron chi connectivity index (χ0n) is 21.1. The van der Waals surface area contributed by atoms with Crippen molar-refractivity contribution in [3.8, 4) is 0 Å². The van der Waals surface area contributed by atoms with Gasteiger partial charge in [-0.25, -0.2) is 4.39 Å². The molecule has 0 radical (unpaired) electrons. The molecule has 3 aromatic rings. The molecule has 2 aromatic carbocycles. The summed E-state index contributed by atoms with van der Waals surface area (Å²) in [6.07, 6.45) is -2.73. The molecule has 8 nitrogen and oxygen atoms in total. The largest absolute Gasteiger partial charge is 0.408 e. The van der Waals surface area contributed by atoms with Crippen LogP contribution >= 0.6 is 11.6 Å². The number of amides is 3. The zero-order valence-corrected chi connectivity index (χ0v) is 21.9. The zero-order chi connectivity index (χ0) is 28.4. The maximum absolute atomic E-state index is 14.6. The molecule has 3 aliphatic rings. The third-order valence-corrected chi connectivity index (χ3v) is 8.70. The van der Waals surface area contributed by atoms with E-state index in [-0.39, 0.29) is 67.5 Å². The second kappa shape index (κ2) is 9.46. The van der Waals surface area contributed by atoms with Crippen molar-refractivity contribution in [1.82, 2.24) is 20.0 Å². The minimum Gasteiger partial charge on any atom is -0.339 e. The number of aromatic nitrogens is 2. The van der Waals surface area contributed by atoms with E-state index in [4.69, 9.17) is 11.6 Å². The third-order valence-electron chi connectivity index (χ3n) is 8.33. The van der Waals surface area contributed by atoms with Crippen molar-refractivity contribution in [2.45, 2.75) is 43.3 Å². The summed E-state index contributed by atoms with van der Waals surface area (Å²) in [5.41, 5.74) is 0.340. The van der Waals surface area contributed by atoms with Crippen molar-refractivity contribution in [3.63, 3.8) is 0 Å². The minimum atomic E-state index is -4.58. The Hall–Kier alpha value is -3.67. The first-order chi connectivity index (χ1) is 19.0. The smallest absolute Gasteiger partial charge is 0.339 e. The van der Waals surface area contributed by atoms with E-state index in [0.717, 1.165) is 26.8 Å². The molecule has 3 aliphatic heterocycles. The predicted octanol–water partition coefficient (Wildman–Crippen LogP) is 4.43. The van der Waals surface area contributed by atoms with Gasteiger partial charge in [-0.3, -0.25) is 19.5 Å². The lowest BCUT2D eigenvalue weighted by molar-refractivity contribution is -0.182. The van der Waals surface area contributed by atoms with E-state index in [1.807, 2.05) is 0 Å².